The molecule has 3 aromatic carbocycles. The summed E-state index contributed by atoms with van der Waals surface area (Å²) in [6.07, 6.45) is 1.52. The number of phenols is 1. The van der Waals surface area contributed by atoms with E-state index in [9.17, 15) is 14.7 Å². The van der Waals surface area contributed by atoms with Gasteiger partial charge in [-0.3, -0.25) is 14.2 Å². The van der Waals surface area contributed by atoms with Gasteiger partial charge in [0.1, 0.15) is 11.5 Å². The van der Waals surface area contributed by atoms with Crippen LogP contribution in [-0.4, -0.2) is 22.2 Å². The summed E-state index contributed by atoms with van der Waals surface area (Å²) in [5, 5.41) is 13.8. The Morgan fingerprint density at radius 2 is 1.87 bits per heavy atom. The topological polar surface area (TPSA) is 92.9 Å². The largest absolute Gasteiger partial charge is 0.506 e. The number of thiazole rings is 1. The van der Waals surface area contributed by atoms with Crippen molar-refractivity contribution in [2.45, 2.75) is 19.9 Å². The zero-order valence-corrected chi connectivity index (χ0v) is 23.3. The van der Waals surface area contributed by atoms with Gasteiger partial charge in [-0.05, 0) is 61.9 Å². The van der Waals surface area contributed by atoms with Crippen molar-refractivity contribution in [2.75, 3.05) is 11.9 Å². The summed E-state index contributed by atoms with van der Waals surface area (Å²) in [5.74, 6) is 0.127. The molecule has 1 amide bonds. The van der Waals surface area contributed by atoms with E-state index in [1.165, 1.54) is 22.8 Å². The zero-order valence-electron chi connectivity index (χ0n) is 20.9. The number of fused-ring (bicyclic) bond motifs is 1. The van der Waals surface area contributed by atoms with E-state index < -0.39 is 6.04 Å². The lowest BCUT2D eigenvalue weighted by atomic mass is 9.95. The number of benzene rings is 3. The number of allylic oxidation sites excluding steroid dienone is 1. The van der Waals surface area contributed by atoms with E-state index in [1.54, 1.807) is 19.1 Å². The van der Waals surface area contributed by atoms with Gasteiger partial charge in [-0.25, -0.2) is 4.99 Å². The number of ether oxygens (including phenoxy) is 1. The number of hydrogen-bond donors (Lipinski definition) is 2. The van der Waals surface area contributed by atoms with Gasteiger partial charge < -0.3 is 15.2 Å². The normalized spacial score (nSPS) is 15.1. The molecule has 4 aromatic rings. The molecule has 0 radical (unpaired) electrons. The van der Waals surface area contributed by atoms with E-state index in [0.717, 1.165) is 11.3 Å². The van der Waals surface area contributed by atoms with Crippen LogP contribution < -0.4 is 24.9 Å². The molecule has 1 aliphatic heterocycles. The van der Waals surface area contributed by atoms with Crippen LogP contribution in [-0.2, 0) is 4.79 Å². The van der Waals surface area contributed by atoms with Crippen LogP contribution in [0.4, 0.5) is 5.69 Å². The molecule has 2 heterocycles. The number of amides is 1. The SMILES string of the molecule is CCOc1ccc([C@@H]2C(C(=O)Nc3ccccc3)=C(C)N=c3s/c(=C\c4cc(Cl)cc(Cl)c4O)c(=O)n32)cc1. The Kier molecular flexibility index (Phi) is 7.61. The molecule has 0 spiro atoms. The third kappa shape index (κ3) is 5.36. The summed E-state index contributed by atoms with van der Waals surface area (Å²) >= 11 is 13.4. The van der Waals surface area contributed by atoms with Crippen LogP contribution in [0.2, 0.25) is 10.0 Å². The van der Waals surface area contributed by atoms with Gasteiger partial charge in [-0.15, -0.1) is 0 Å². The highest BCUT2D eigenvalue weighted by molar-refractivity contribution is 7.07. The molecule has 5 rings (SSSR count). The molecule has 10 heteroatoms. The smallest absolute Gasteiger partial charge is 0.271 e. The van der Waals surface area contributed by atoms with Crippen molar-refractivity contribution < 1.29 is 14.6 Å². The highest BCUT2D eigenvalue weighted by Crippen LogP contribution is 2.33. The fourth-order valence-electron chi connectivity index (χ4n) is 4.40. The predicted molar refractivity (Wildman–Crippen MR) is 155 cm³/mol. The second-order valence-electron chi connectivity index (χ2n) is 8.73. The van der Waals surface area contributed by atoms with Gasteiger partial charge in [0.2, 0.25) is 0 Å². The number of nitrogens with zero attached hydrogens (tertiary/aromatic N) is 2. The predicted octanol–water partition coefficient (Wildman–Crippen LogP) is 5.29. The average molecular weight is 580 g/mol. The minimum atomic E-state index is -0.751. The fraction of sp³-hybridized carbons (Fsp3) is 0.138. The zero-order chi connectivity index (χ0) is 27.7. The van der Waals surface area contributed by atoms with Crippen molar-refractivity contribution in [3.05, 3.63) is 119 Å². The number of halogens is 2. The first-order valence-electron chi connectivity index (χ1n) is 12.1. The van der Waals surface area contributed by atoms with E-state index in [2.05, 4.69) is 10.3 Å². The van der Waals surface area contributed by atoms with Gasteiger partial charge in [0.15, 0.2) is 4.80 Å². The molecule has 0 fully saturated rings. The average Bonchev–Trinajstić information content (AvgIpc) is 3.21. The summed E-state index contributed by atoms with van der Waals surface area (Å²) in [7, 11) is 0. The molecular formula is C29H23Cl2N3O4S. The maximum Gasteiger partial charge on any atom is 0.271 e. The number of phenolic OH excluding ortho intramolecular Hbond substituents is 1. The summed E-state index contributed by atoms with van der Waals surface area (Å²) < 4.78 is 7.39. The molecular weight excluding hydrogens is 557 g/mol. The summed E-state index contributed by atoms with van der Waals surface area (Å²) in [5.41, 5.74) is 2.10. The van der Waals surface area contributed by atoms with Crippen LogP contribution in [0.3, 0.4) is 0 Å². The molecule has 0 aliphatic carbocycles. The van der Waals surface area contributed by atoms with Crippen LogP contribution in [0.1, 0.15) is 31.0 Å². The van der Waals surface area contributed by atoms with E-state index >= 15 is 0 Å². The lowest BCUT2D eigenvalue weighted by molar-refractivity contribution is -0.113. The fourth-order valence-corrected chi connectivity index (χ4v) is 5.94. The highest BCUT2D eigenvalue weighted by atomic mass is 35.5. The van der Waals surface area contributed by atoms with Crippen LogP contribution in [0.5, 0.6) is 11.5 Å². The van der Waals surface area contributed by atoms with E-state index in [4.69, 9.17) is 27.9 Å². The molecule has 39 heavy (non-hydrogen) atoms. The number of aromatic hydroxyl groups is 1. The van der Waals surface area contributed by atoms with Crippen molar-refractivity contribution >= 4 is 52.2 Å². The number of carbonyl (C=O) groups is 1. The maximum atomic E-state index is 13.8. The number of anilines is 1. The number of aromatic nitrogens is 1. The Morgan fingerprint density at radius 1 is 1.15 bits per heavy atom. The number of rotatable bonds is 6. The third-order valence-corrected chi connectivity index (χ3v) is 7.64. The van der Waals surface area contributed by atoms with Crippen molar-refractivity contribution in [3.63, 3.8) is 0 Å². The first kappa shape index (κ1) is 26.7. The van der Waals surface area contributed by atoms with Gasteiger partial charge in [0.05, 0.1) is 33.5 Å². The lowest BCUT2D eigenvalue weighted by Gasteiger charge is -2.25. The van der Waals surface area contributed by atoms with Crippen LogP contribution >= 0.6 is 34.5 Å². The Morgan fingerprint density at radius 3 is 2.56 bits per heavy atom. The maximum absolute atomic E-state index is 13.8. The minimum absolute atomic E-state index is 0.0736. The second kappa shape index (κ2) is 11.1. The summed E-state index contributed by atoms with van der Waals surface area (Å²) in [6.45, 7) is 4.16. The van der Waals surface area contributed by atoms with E-state index in [-0.39, 0.29) is 22.2 Å². The summed E-state index contributed by atoms with van der Waals surface area (Å²) in [4.78, 5) is 32.5. The molecule has 0 bridgehead atoms. The molecule has 0 saturated heterocycles. The van der Waals surface area contributed by atoms with Gasteiger partial charge in [0.25, 0.3) is 11.5 Å². The number of para-hydroxylation sites is 1. The molecule has 7 nitrogen and oxygen atoms in total. The third-order valence-electron chi connectivity index (χ3n) is 6.15. The Balaban J connectivity index is 1.68. The van der Waals surface area contributed by atoms with Gasteiger partial charge in [-0.2, -0.15) is 0 Å². The standard InChI is InChI=1S/C29H23Cl2N3O4S/c1-3-38-21-11-9-17(10-12-21)25-24(27(36)33-20-7-5-4-6-8-20)16(2)32-29-34(25)28(37)23(39-29)14-18-13-19(30)15-22(31)26(18)35/h4-15,25,35H,3H2,1-2H3,(H,33,36)/b23-14-/t25-/m1/s1. The van der Waals surface area contributed by atoms with Gasteiger partial charge in [0, 0.05) is 16.3 Å². The highest BCUT2D eigenvalue weighted by Gasteiger charge is 2.32. The van der Waals surface area contributed by atoms with Crippen LogP contribution in [0.25, 0.3) is 6.08 Å². The quantitative estimate of drug-likeness (QED) is 0.325. The molecule has 1 aromatic heterocycles. The van der Waals surface area contributed by atoms with Gasteiger partial charge in [-0.1, -0.05) is 64.9 Å². The van der Waals surface area contributed by atoms with Crippen LogP contribution in [0, 0.1) is 0 Å². The number of hydrogen-bond acceptors (Lipinski definition) is 6. The second-order valence-corrected chi connectivity index (χ2v) is 10.6. The molecule has 1 atom stereocenters. The van der Waals surface area contributed by atoms with Crippen molar-refractivity contribution in [1.82, 2.24) is 4.57 Å². The van der Waals surface area contributed by atoms with Crippen molar-refractivity contribution in [3.8, 4) is 11.5 Å². The number of nitrogens with one attached hydrogen (secondary N) is 1. The van der Waals surface area contributed by atoms with Crippen molar-refractivity contribution in [1.29, 1.82) is 0 Å². The van der Waals surface area contributed by atoms with E-state index in [0.29, 0.717) is 54.8 Å². The Bertz CT molecular complexity index is 1780. The lowest BCUT2D eigenvalue weighted by Crippen LogP contribution is -2.40. The Labute approximate surface area is 237 Å². The van der Waals surface area contributed by atoms with Crippen LogP contribution in [0.15, 0.2) is 87.8 Å². The molecule has 0 saturated carbocycles. The van der Waals surface area contributed by atoms with E-state index in [1.807, 2.05) is 49.4 Å². The first-order chi connectivity index (χ1) is 18.8. The summed E-state index contributed by atoms with van der Waals surface area (Å²) in [6, 6.07) is 18.6. The van der Waals surface area contributed by atoms with Crippen molar-refractivity contribution in [2.24, 2.45) is 4.99 Å². The number of carbonyl (C=O) groups excluding carboxylic acids is 1. The molecule has 2 N–H and O–H groups in total. The minimum Gasteiger partial charge on any atom is -0.506 e. The molecule has 0 unspecified atom stereocenters. The molecule has 198 valence electrons. The molecule has 1 aliphatic rings. The first-order valence-corrected chi connectivity index (χ1v) is 13.6. The Hall–Kier alpha value is -3.85. The van der Waals surface area contributed by atoms with Gasteiger partial charge >= 0.3 is 0 Å². The monoisotopic (exact) mass is 579 g/mol.